The highest BCUT2D eigenvalue weighted by atomic mass is 32.2. The average Bonchev–Trinajstić information content (AvgIpc) is 2.84. The molecule has 0 saturated heterocycles. The molecule has 0 aliphatic heterocycles. The molecule has 3 aromatic carbocycles. The number of hydrogen-bond acceptors (Lipinski definition) is 5. The molecule has 0 aliphatic carbocycles. The van der Waals surface area contributed by atoms with Crippen LogP contribution >= 0.6 is 0 Å². The lowest BCUT2D eigenvalue weighted by Crippen LogP contribution is -2.45. The first-order chi connectivity index (χ1) is 15.9. The van der Waals surface area contributed by atoms with E-state index in [1.165, 1.54) is 32.4 Å². The topological polar surface area (TPSA) is 93.7 Å². The van der Waals surface area contributed by atoms with Crippen LogP contribution in [0, 0.1) is 0 Å². The Morgan fingerprint density at radius 3 is 2.15 bits per heavy atom. The molecule has 2 N–H and O–H groups in total. The van der Waals surface area contributed by atoms with Crippen LogP contribution in [0.15, 0.2) is 77.7 Å². The van der Waals surface area contributed by atoms with Gasteiger partial charge in [-0.25, -0.2) is 8.42 Å². The summed E-state index contributed by atoms with van der Waals surface area (Å²) in [5, 5.41) is 2.82. The quantitative estimate of drug-likeness (QED) is 0.472. The van der Waals surface area contributed by atoms with Gasteiger partial charge in [0.15, 0.2) is 11.5 Å². The van der Waals surface area contributed by atoms with Crippen molar-refractivity contribution in [3.8, 4) is 11.5 Å². The van der Waals surface area contributed by atoms with Gasteiger partial charge in [0, 0.05) is 11.8 Å². The second-order valence-electron chi connectivity index (χ2n) is 7.42. The number of aryl methyl sites for hydroxylation is 1. The normalized spacial score (nSPS) is 12.1. The molecule has 0 spiro atoms. The number of anilines is 1. The Labute approximate surface area is 194 Å². The van der Waals surface area contributed by atoms with Gasteiger partial charge in [0.05, 0.1) is 19.1 Å². The number of ether oxygens (including phenoxy) is 2. The summed E-state index contributed by atoms with van der Waals surface area (Å²) in [6, 6.07) is 20.0. The zero-order valence-corrected chi connectivity index (χ0v) is 19.7. The van der Waals surface area contributed by atoms with Crippen molar-refractivity contribution in [3.63, 3.8) is 0 Å². The predicted octanol–water partition coefficient (Wildman–Crippen LogP) is 3.79. The molecule has 0 heterocycles. The third kappa shape index (κ3) is 6.34. The maximum Gasteiger partial charge on any atom is 0.242 e. The van der Waals surface area contributed by atoms with Crippen LogP contribution in [0.5, 0.6) is 11.5 Å². The number of amides is 1. The third-order valence-corrected chi connectivity index (χ3v) is 6.66. The number of sulfonamides is 1. The Kier molecular flexibility index (Phi) is 8.08. The maximum absolute atomic E-state index is 13.2. The van der Waals surface area contributed by atoms with Crippen molar-refractivity contribution < 1.29 is 22.7 Å². The average molecular weight is 469 g/mol. The zero-order chi connectivity index (χ0) is 23.8. The molecule has 0 bridgehead atoms. The summed E-state index contributed by atoms with van der Waals surface area (Å²) in [4.78, 5) is 13.1. The Bertz CT molecular complexity index is 1180. The van der Waals surface area contributed by atoms with Crippen LogP contribution in [0.4, 0.5) is 5.69 Å². The third-order valence-electron chi connectivity index (χ3n) is 5.19. The van der Waals surface area contributed by atoms with Crippen molar-refractivity contribution in [1.82, 2.24) is 4.72 Å². The van der Waals surface area contributed by atoms with Gasteiger partial charge >= 0.3 is 0 Å². The Morgan fingerprint density at radius 1 is 0.879 bits per heavy atom. The van der Waals surface area contributed by atoms with E-state index in [0.717, 1.165) is 17.5 Å². The summed E-state index contributed by atoms with van der Waals surface area (Å²) >= 11 is 0. The molecular formula is C25H28N2O5S. The highest BCUT2D eigenvalue weighted by molar-refractivity contribution is 7.89. The van der Waals surface area contributed by atoms with Gasteiger partial charge in [0.1, 0.15) is 6.04 Å². The highest BCUT2D eigenvalue weighted by Gasteiger charge is 2.27. The monoisotopic (exact) mass is 468 g/mol. The molecule has 1 amide bonds. The fourth-order valence-corrected chi connectivity index (χ4v) is 4.54. The maximum atomic E-state index is 13.2. The fourth-order valence-electron chi connectivity index (χ4n) is 3.33. The molecule has 3 rings (SSSR count). The second kappa shape index (κ2) is 11.0. The van der Waals surface area contributed by atoms with E-state index in [1.807, 2.05) is 49.4 Å². The summed E-state index contributed by atoms with van der Waals surface area (Å²) in [5.41, 5.74) is 2.57. The summed E-state index contributed by atoms with van der Waals surface area (Å²) < 4.78 is 39.3. The number of rotatable bonds is 10. The standard InChI is InChI=1S/C25H28N2O5S/c1-4-18-10-12-20(13-11-18)26-25(28)22(16-19-8-6-5-7-9-19)27-33(29,30)21-14-15-23(31-2)24(17-21)32-3/h5-15,17,22,27H,4,16H2,1-3H3,(H,26,28)/t22-/m1/s1. The van der Waals surface area contributed by atoms with Crippen LogP contribution in [0.25, 0.3) is 0 Å². The summed E-state index contributed by atoms with van der Waals surface area (Å²) in [6.07, 6.45) is 1.07. The number of methoxy groups -OCH3 is 2. The van der Waals surface area contributed by atoms with Crippen LogP contribution < -0.4 is 19.5 Å². The Morgan fingerprint density at radius 2 is 1.55 bits per heavy atom. The lowest BCUT2D eigenvalue weighted by Gasteiger charge is -2.19. The minimum absolute atomic E-state index is 0.0293. The molecule has 0 unspecified atom stereocenters. The van der Waals surface area contributed by atoms with Crippen molar-refractivity contribution in [2.45, 2.75) is 30.7 Å². The molecule has 8 heteroatoms. The lowest BCUT2D eigenvalue weighted by molar-refractivity contribution is -0.117. The van der Waals surface area contributed by atoms with E-state index in [1.54, 1.807) is 12.1 Å². The number of hydrogen-bond donors (Lipinski definition) is 2. The van der Waals surface area contributed by atoms with Crippen molar-refractivity contribution in [2.75, 3.05) is 19.5 Å². The summed E-state index contributed by atoms with van der Waals surface area (Å²) in [7, 11) is -1.13. The van der Waals surface area contributed by atoms with Gasteiger partial charge in [-0.05, 0) is 48.2 Å². The first kappa shape index (κ1) is 24.3. The van der Waals surface area contributed by atoms with Crippen LogP contribution in [0.1, 0.15) is 18.1 Å². The Balaban J connectivity index is 1.87. The predicted molar refractivity (Wildman–Crippen MR) is 128 cm³/mol. The van der Waals surface area contributed by atoms with Gasteiger partial charge in [-0.15, -0.1) is 0 Å². The Hall–Kier alpha value is -3.36. The van der Waals surface area contributed by atoms with Crippen LogP contribution in [-0.4, -0.2) is 34.6 Å². The van der Waals surface area contributed by atoms with Crippen LogP contribution in [0.3, 0.4) is 0 Å². The summed E-state index contributed by atoms with van der Waals surface area (Å²) in [6.45, 7) is 2.05. The molecule has 0 fully saturated rings. The van der Waals surface area contributed by atoms with Crippen molar-refractivity contribution >= 4 is 21.6 Å². The minimum Gasteiger partial charge on any atom is -0.493 e. The first-order valence-corrected chi connectivity index (χ1v) is 12.0. The van der Waals surface area contributed by atoms with Crippen molar-refractivity contribution in [3.05, 3.63) is 83.9 Å². The van der Waals surface area contributed by atoms with Gasteiger partial charge in [-0.2, -0.15) is 4.72 Å². The molecule has 7 nitrogen and oxygen atoms in total. The zero-order valence-electron chi connectivity index (χ0n) is 18.9. The van der Waals surface area contributed by atoms with Crippen LogP contribution in [0.2, 0.25) is 0 Å². The summed E-state index contributed by atoms with van der Waals surface area (Å²) in [5.74, 6) is 0.234. The largest absolute Gasteiger partial charge is 0.493 e. The molecule has 3 aromatic rings. The highest BCUT2D eigenvalue weighted by Crippen LogP contribution is 2.29. The van der Waals surface area contributed by atoms with Crippen LogP contribution in [-0.2, 0) is 27.7 Å². The SMILES string of the molecule is CCc1ccc(NC(=O)[C@@H](Cc2ccccc2)NS(=O)(=O)c2ccc(OC)c(OC)c2)cc1. The molecule has 0 aliphatic rings. The van der Waals surface area contributed by atoms with E-state index < -0.39 is 22.0 Å². The van der Waals surface area contributed by atoms with Gasteiger partial charge in [0.2, 0.25) is 15.9 Å². The first-order valence-electron chi connectivity index (χ1n) is 10.5. The fraction of sp³-hybridized carbons (Fsp3) is 0.240. The van der Waals surface area contributed by atoms with E-state index >= 15 is 0 Å². The van der Waals surface area contributed by atoms with Gasteiger partial charge < -0.3 is 14.8 Å². The van der Waals surface area contributed by atoms with E-state index in [-0.39, 0.29) is 17.1 Å². The van der Waals surface area contributed by atoms with Crippen molar-refractivity contribution in [2.24, 2.45) is 0 Å². The minimum atomic E-state index is -4.03. The van der Waals surface area contributed by atoms with E-state index in [4.69, 9.17) is 9.47 Å². The molecule has 0 radical (unpaired) electrons. The molecular weight excluding hydrogens is 440 g/mol. The number of carbonyl (C=O) groups excluding carboxylic acids is 1. The van der Waals surface area contributed by atoms with Gasteiger partial charge in [-0.3, -0.25) is 4.79 Å². The van der Waals surface area contributed by atoms with E-state index in [9.17, 15) is 13.2 Å². The lowest BCUT2D eigenvalue weighted by atomic mass is 10.1. The molecule has 1 atom stereocenters. The van der Waals surface area contributed by atoms with E-state index in [2.05, 4.69) is 10.0 Å². The van der Waals surface area contributed by atoms with Gasteiger partial charge in [0.25, 0.3) is 0 Å². The molecule has 0 aromatic heterocycles. The molecule has 0 saturated carbocycles. The van der Waals surface area contributed by atoms with Crippen molar-refractivity contribution in [1.29, 1.82) is 0 Å². The number of carbonyl (C=O) groups is 1. The second-order valence-corrected chi connectivity index (χ2v) is 9.13. The van der Waals surface area contributed by atoms with Gasteiger partial charge in [-0.1, -0.05) is 49.4 Å². The number of nitrogens with one attached hydrogen (secondary N) is 2. The smallest absolute Gasteiger partial charge is 0.242 e. The van der Waals surface area contributed by atoms with E-state index in [0.29, 0.717) is 11.4 Å². The molecule has 174 valence electrons. The molecule has 33 heavy (non-hydrogen) atoms. The number of benzene rings is 3.